The molecule has 0 saturated heterocycles. The Balaban J connectivity index is 1.30. The number of hydrogen-bond acceptors (Lipinski definition) is 1. The summed E-state index contributed by atoms with van der Waals surface area (Å²) in [6, 6.07) is 59.5. The van der Waals surface area contributed by atoms with Crippen LogP contribution in [0.4, 0.5) is 13.2 Å². The summed E-state index contributed by atoms with van der Waals surface area (Å²) in [7, 11) is 0. The fourth-order valence-corrected chi connectivity index (χ4v) is 8.46. The van der Waals surface area contributed by atoms with E-state index < -0.39 is 11.7 Å². The van der Waals surface area contributed by atoms with Crippen LogP contribution in [0.3, 0.4) is 0 Å². The van der Waals surface area contributed by atoms with Gasteiger partial charge in [0, 0.05) is 27.1 Å². The van der Waals surface area contributed by atoms with E-state index in [1.165, 1.54) is 12.1 Å². The van der Waals surface area contributed by atoms with Crippen molar-refractivity contribution in [1.82, 2.24) is 9.13 Å². The number of benzene rings is 8. The molecule has 57 heavy (non-hydrogen) atoms. The Morgan fingerprint density at radius 1 is 0.439 bits per heavy atom. The monoisotopic (exact) mass is 743 g/mol. The van der Waals surface area contributed by atoms with Crippen molar-refractivity contribution in [3.05, 3.63) is 193 Å². The van der Waals surface area contributed by atoms with Crippen LogP contribution in [-0.4, -0.2) is 9.13 Å². The average molecular weight is 744 g/mol. The van der Waals surface area contributed by atoms with Crippen molar-refractivity contribution < 1.29 is 13.2 Å². The second kappa shape index (κ2) is 13.1. The summed E-state index contributed by atoms with van der Waals surface area (Å²) >= 11 is 0. The maximum absolute atomic E-state index is 14.5. The number of fused-ring (bicyclic) bond motifs is 6. The normalized spacial score (nSPS) is 11.8. The number of aromatic nitrogens is 2. The lowest BCUT2D eigenvalue weighted by molar-refractivity contribution is -0.137. The van der Waals surface area contributed by atoms with Crippen LogP contribution in [0.25, 0.3) is 88.4 Å². The number of nitriles is 1. The van der Waals surface area contributed by atoms with E-state index in [4.69, 9.17) is 0 Å². The van der Waals surface area contributed by atoms with E-state index in [0.29, 0.717) is 33.6 Å². The highest BCUT2D eigenvalue weighted by atomic mass is 19.4. The molecular weight excluding hydrogens is 712 g/mol. The SMILES string of the molecule is Cc1cc(-c2cc(-n3c4ccccc4c4cc(-c5ccccc5)ccc43)c(C#N)cc2-n2c3ccccc3c3cc(-c4ccccc4)ccc32)cc(C(F)(F)F)c1. The molecule has 0 fully saturated rings. The number of para-hydroxylation sites is 2. The van der Waals surface area contributed by atoms with Crippen molar-refractivity contribution in [2.24, 2.45) is 0 Å². The van der Waals surface area contributed by atoms with Gasteiger partial charge < -0.3 is 9.13 Å². The highest BCUT2D eigenvalue weighted by Crippen LogP contribution is 2.43. The van der Waals surface area contributed by atoms with E-state index in [2.05, 4.69) is 88.0 Å². The van der Waals surface area contributed by atoms with Crippen LogP contribution in [-0.2, 0) is 6.18 Å². The Morgan fingerprint density at radius 2 is 0.930 bits per heavy atom. The number of halogens is 3. The minimum Gasteiger partial charge on any atom is -0.309 e. The van der Waals surface area contributed by atoms with E-state index in [-0.39, 0.29) is 0 Å². The van der Waals surface area contributed by atoms with E-state index >= 15 is 0 Å². The van der Waals surface area contributed by atoms with Crippen LogP contribution < -0.4 is 0 Å². The molecule has 0 aliphatic heterocycles. The Kier molecular flexibility index (Phi) is 7.88. The molecule has 0 aliphatic rings. The third-order valence-electron chi connectivity index (χ3n) is 11.0. The molecule has 8 aromatic carbocycles. The molecule has 0 saturated carbocycles. The van der Waals surface area contributed by atoms with Gasteiger partial charge in [-0.3, -0.25) is 0 Å². The minimum absolute atomic E-state index is 0.388. The van der Waals surface area contributed by atoms with Crippen LogP contribution in [0, 0.1) is 18.3 Å². The molecule has 0 atom stereocenters. The molecule has 0 bridgehead atoms. The summed E-state index contributed by atoms with van der Waals surface area (Å²) in [6.45, 7) is 1.69. The number of aryl methyl sites for hydroxylation is 1. The van der Waals surface area contributed by atoms with E-state index in [9.17, 15) is 18.4 Å². The highest BCUT2D eigenvalue weighted by Gasteiger charge is 2.32. The number of nitrogens with zero attached hydrogens (tertiary/aromatic N) is 3. The number of rotatable bonds is 5. The topological polar surface area (TPSA) is 33.6 Å². The lowest BCUT2D eigenvalue weighted by Gasteiger charge is -2.20. The maximum atomic E-state index is 14.5. The molecule has 3 nitrogen and oxygen atoms in total. The van der Waals surface area contributed by atoms with Gasteiger partial charge in [-0.15, -0.1) is 0 Å². The third-order valence-corrected chi connectivity index (χ3v) is 11.0. The summed E-state index contributed by atoms with van der Waals surface area (Å²) in [5.74, 6) is 0. The predicted octanol–water partition coefficient (Wildman–Crippen LogP) is 14.1. The zero-order valence-corrected chi connectivity index (χ0v) is 30.7. The molecule has 0 amide bonds. The molecule has 0 radical (unpaired) electrons. The first-order valence-electron chi connectivity index (χ1n) is 18.7. The molecule has 0 spiro atoms. The Bertz CT molecular complexity index is 3240. The molecule has 6 heteroatoms. The van der Waals surface area contributed by atoms with Gasteiger partial charge in [0.15, 0.2) is 0 Å². The standard InChI is InChI=1S/C51H32F3N3/c1-32-24-37(26-39(25-32)51(52,53)54)42-30-49(56-45-18-10-8-16-40(45)43-27-35(20-22-47(43)56)33-12-4-2-5-13-33)38(31-55)29-50(42)57-46-19-11-9-17-41(46)44-28-36(21-23-48(44)57)34-14-6-3-7-15-34/h2-30H,1H3. The van der Waals surface area contributed by atoms with E-state index in [1.807, 2.05) is 84.9 Å². The van der Waals surface area contributed by atoms with Gasteiger partial charge in [-0.25, -0.2) is 0 Å². The van der Waals surface area contributed by atoms with Crippen molar-refractivity contribution in [2.75, 3.05) is 0 Å². The summed E-state index contributed by atoms with van der Waals surface area (Å²) in [5, 5.41) is 15.0. The first-order chi connectivity index (χ1) is 27.8. The second-order valence-corrected chi connectivity index (χ2v) is 14.5. The van der Waals surface area contributed by atoms with Crippen molar-refractivity contribution in [3.8, 4) is 50.8 Å². The van der Waals surface area contributed by atoms with Crippen molar-refractivity contribution in [3.63, 3.8) is 0 Å². The zero-order chi connectivity index (χ0) is 38.8. The van der Waals surface area contributed by atoms with E-state index in [1.54, 1.807) is 13.0 Å². The lowest BCUT2D eigenvalue weighted by Crippen LogP contribution is -2.07. The molecule has 10 rings (SSSR count). The third kappa shape index (κ3) is 5.67. The lowest BCUT2D eigenvalue weighted by atomic mass is 9.96. The van der Waals surface area contributed by atoms with Gasteiger partial charge in [-0.2, -0.15) is 18.4 Å². The molecule has 10 aromatic rings. The number of alkyl halides is 3. The van der Waals surface area contributed by atoms with Crippen LogP contribution in [0.15, 0.2) is 176 Å². The molecule has 2 aromatic heterocycles. The molecule has 272 valence electrons. The molecule has 0 aliphatic carbocycles. The smallest absolute Gasteiger partial charge is 0.309 e. The Labute approximate surface area is 326 Å². The van der Waals surface area contributed by atoms with E-state index in [0.717, 1.165) is 65.9 Å². The van der Waals surface area contributed by atoms with Crippen molar-refractivity contribution in [1.29, 1.82) is 5.26 Å². The zero-order valence-electron chi connectivity index (χ0n) is 30.7. The molecule has 0 N–H and O–H groups in total. The van der Waals surface area contributed by atoms with Crippen LogP contribution in [0.2, 0.25) is 0 Å². The fourth-order valence-electron chi connectivity index (χ4n) is 8.46. The minimum atomic E-state index is -4.56. The van der Waals surface area contributed by atoms with Crippen molar-refractivity contribution >= 4 is 43.6 Å². The van der Waals surface area contributed by atoms with Crippen LogP contribution >= 0.6 is 0 Å². The Morgan fingerprint density at radius 3 is 1.46 bits per heavy atom. The summed E-state index contributed by atoms with van der Waals surface area (Å²) in [4.78, 5) is 0. The summed E-state index contributed by atoms with van der Waals surface area (Å²) in [5.41, 5.74) is 10.1. The molecule has 2 heterocycles. The largest absolute Gasteiger partial charge is 0.416 e. The van der Waals surface area contributed by atoms with Gasteiger partial charge in [-0.1, -0.05) is 115 Å². The highest BCUT2D eigenvalue weighted by molar-refractivity contribution is 6.12. The van der Waals surface area contributed by atoms with Crippen LogP contribution in [0.1, 0.15) is 16.7 Å². The van der Waals surface area contributed by atoms with Crippen LogP contribution in [0.5, 0.6) is 0 Å². The van der Waals surface area contributed by atoms with Gasteiger partial charge in [0.25, 0.3) is 0 Å². The first-order valence-corrected chi connectivity index (χ1v) is 18.7. The summed E-state index contributed by atoms with van der Waals surface area (Å²) < 4.78 is 47.7. The Hall–Kier alpha value is -7.36. The van der Waals surface area contributed by atoms with Gasteiger partial charge >= 0.3 is 6.18 Å². The predicted molar refractivity (Wildman–Crippen MR) is 226 cm³/mol. The van der Waals surface area contributed by atoms with Gasteiger partial charge in [0.05, 0.1) is 44.6 Å². The average Bonchev–Trinajstić information content (AvgIpc) is 3.75. The van der Waals surface area contributed by atoms with Gasteiger partial charge in [-0.05, 0) is 101 Å². The molecular formula is C51H32F3N3. The molecule has 0 unspecified atom stereocenters. The maximum Gasteiger partial charge on any atom is 0.416 e. The number of hydrogen-bond donors (Lipinski definition) is 0. The van der Waals surface area contributed by atoms with Gasteiger partial charge in [0.1, 0.15) is 6.07 Å². The summed E-state index contributed by atoms with van der Waals surface area (Å²) in [6.07, 6.45) is -4.56. The van der Waals surface area contributed by atoms with Gasteiger partial charge in [0.2, 0.25) is 0 Å². The second-order valence-electron chi connectivity index (χ2n) is 14.5. The van der Waals surface area contributed by atoms with Crippen molar-refractivity contribution in [2.45, 2.75) is 13.1 Å². The fraction of sp³-hybridized carbons (Fsp3) is 0.0392. The first kappa shape index (κ1) is 34.2. The quantitative estimate of drug-likeness (QED) is 0.173.